The van der Waals surface area contributed by atoms with Crippen LogP contribution in [0.25, 0.3) is 0 Å². The van der Waals surface area contributed by atoms with E-state index in [0.717, 1.165) is 36.4 Å². The molecule has 0 aromatic heterocycles. The molecule has 3 atom stereocenters. The quantitative estimate of drug-likeness (QED) is 0.576. The van der Waals surface area contributed by atoms with E-state index in [2.05, 4.69) is 58.4 Å². The van der Waals surface area contributed by atoms with Gasteiger partial charge in [-0.2, -0.15) is 0 Å². The van der Waals surface area contributed by atoms with E-state index in [9.17, 15) is 0 Å². The highest BCUT2D eigenvalue weighted by molar-refractivity contribution is 6.20. The second-order valence-electron chi connectivity index (χ2n) is 7.63. The van der Waals surface area contributed by atoms with Crippen LogP contribution in [-0.4, -0.2) is 43.5 Å². The van der Waals surface area contributed by atoms with Gasteiger partial charge in [-0.15, -0.1) is 11.6 Å². The Bertz CT molecular complexity index is 816. The number of dihydropyridines is 1. The maximum Gasteiger partial charge on any atom is 0.162 e. The Kier molecular flexibility index (Phi) is 6.22. The highest BCUT2D eigenvalue weighted by Gasteiger charge is 2.43. The van der Waals surface area contributed by atoms with Crippen LogP contribution in [0.5, 0.6) is 0 Å². The summed E-state index contributed by atoms with van der Waals surface area (Å²) in [5.41, 5.74) is 1.54. The largest absolute Gasteiger partial charge is 0.498 e. The summed E-state index contributed by atoms with van der Waals surface area (Å²) in [6.07, 6.45) is 6.64. The number of hydrogen-bond donors (Lipinski definition) is 0. The minimum absolute atomic E-state index is 0.109. The molecule has 1 aliphatic carbocycles. The topological polar surface area (TPSA) is 34.1 Å². The molecule has 4 nitrogen and oxygen atoms in total. The van der Waals surface area contributed by atoms with E-state index in [4.69, 9.17) is 21.1 Å². The number of methoxy groups -OCH3 is 1. The lowest BCUT2D eigenvalue weighted by Gasteiger charge is -2.41. The zero-order valence-electron chi connectivity index (χ0n) is 16.7. The van der Waals surface area contributed by atoms with Crippen LogP contribution in [0.4, 0.5) is 11.4 Å². The normalized spacial score (nSPS) is 26.2. The van der Waals surface area contributed by atoms with Crippen molar-refractivity contribution in [2.45, 2.75) is 36.3 Å². The molecule has 2 aromatic carbocycles. The summed E-state index contributed by atoms with van der Waals surface area (Å²) >= 11 is 6.37. The fourth-order valence-electron chi connectivity index (χ4n) is 4.18. The third-order valence-electron chi connectivity index (χ3n) is 5.61. The second-order valence-corrected chi connectivity index (χ2v) is 8.24. The standard InChI is InChI=1S/C24H27ClN2O2/c1-28-23-14-15-26-17-24(23,29-22-13-12-19(25)16-22)18-27(20-8-4-2-5-9-20)21-10-6-3-7-11-21/h2-11,14-15,19,22H,12-13,16-18H2,1H3. The number of hydrogen-bond acceptors (Lipinski definition) is 4. The number of benzene rings is 2. The summed E-state index contributed by atoms with van der Waals surface area (Å²) in [5.74, 6) is 0.808. The fourth-order valence-corrected chi connectivity index (χ4v) is 4.51. The lowest BCUT2D eigenvalue weighted by molar-refractivity contribution is -0.0810. The molecule has 0 N–H and O–H groups in total. The van der Waals surface area contributed by atoms with E-state index in [1.54, 1.807) is 13.3 Å². The molecule has 0 amide bonds. The number of rotatable bonds is 7. The van der Waals surface area contributed by atoms with Gasteiger partial charge in [0.05, 0.1) is 26.3 Å². The Morgan fingerprint density at radius 3 is 2.24 bits per heavy atom. The Labute approximate surface area is 177 Å². The highest BCUT2D eigenvalue weighted by Crippen LogP contribution is 2.37. The minimum atomic E-state index is -0.666. The summed E-state index contributed by atoms with van der Waals surface area (Å²) in [5, 5.41) is 0.179. The van der Waals surface area contributed by atoms with Crippen molar-refractivity contribution < 1.29 is 9.47 Å². The van der Waals surface area contributed by atoms with Crippen molar-refractivity contribution >= 4 is 29.2 Å². The first-order valence-electron chi connectivity index (χ1n) is 10.1. The lowest BCUT2D eigenvalue weighted by Crippen LogP contribution is -2.51. The van der Waals surface area contributed by atoms with Crippen LogP contribution in [0.15, 0.2) is 77.5 Å². The molecule has 2 aliphatic rings. The van der Waals surface area contributed by atoms with Crippen LogP contribution in [-0.2, 0) is 9.47 Å². The van der Waals surface area contributed by atoms with Gasteiger partial charge >= 0.3 is 0 Å². The number of aliphatic imine (C=N–C) groups is 1. The molecule has 0 radical (unpaired) electrons. The molecule has 4 rings (SSSR count). The van der Waals surface area contributed by atoms with Gasteiger partial charge in [-0.25, -0.2) is 0 Å². The summed E-state index contributed by atoms with van der Waals surface area (Å²) in [6.45, 7) is 1.12. The predicted octanol–water partition coefficient (Wildman–Crippen LogP) is 5.35. The summed E-state index contributed by atoms with van der Waals surface area (Å²) in [4.78, 5) is 6.84. The molecule has 2 aromatic rings. The van der Waals surface area contributed by atoms with Crippen molar-refractivity contribution in [1.29, 1.82) is 0 Å². The Morgan fingerprint density at radius 2 is 1.69 bits per heavy atom. The smallest absolute Gasteiger partial charge is 0.162 e. The maximum absolute atomic E-state index is 6.75. The van der Waals surface area contributed by atoms with Crippen LogP contribution in [0, 0.1) is 0 Å². The molecular formula is C24H27ClN2O2. The van der Waals surface area contributed by atoms with Crippen molar-refractivity contribution in [2.75, 3.05) is 25.1 Å². The highest BCUT2D eigenvalue weighted by atomic mass is 35.5. The molecule has 1 heterocycles. The third-order valence-corrected chi connectivity index (χ3v) is 6.01. The predicted molar refractivity (Wildman–Crippen MR) is 119 cm³/mol. The second kappa shape index (κ2) is 9.02. The molecule has 0 spiro atoms. The van der Waals surface area contributed by atoms with Gasteiger partial charge in [0.15, 0.2) is 5.60 Å². The zero-order chi connectivity index (χ0) is 20.1. The molecule has 3 unspecified atom stereocenters. The number of alkyl halides is 1. The minimum Gasteiger partial charge on any atom is -0.498 e. The average molecular weight is 411 g/mol. The van der Waals surface area contributed by atoms with Crippen LogP contribution >= 0.6 is 11.6 Å². The van der Waals surface area contributed by atoms with Gasteiger partial charge in [0, 0.05) is 23.0 Å². The summed E-state index contributed by atoms with van der Waals surface area (Å²) in [6, 6.07) is 20.8. The lowest BCUT2D eigenvalue weighted by atomic mass is 9.96. The monoisotopic (exact) mass is 410 g/mol. The van der Waals surface area contributed by atoms with E-state index in [1.807, 2.05) is 18.2 Å². The van der Waals surface area contributed by atoms with Gasteiger partial charge in [-0.3, -0.25) is 4.99 Å². The van der Waals surface area contributed by atoms with Crippen molar-refractivity contribution in [3.05, 3.63) is 72.5 Å². The van der Waals surface area contributed by atoms with Gasteiger partial charge < -0.3 is 14.4 Å². The number of halogens is 1. The molecule has 5 heteroatoms. The SMILES string of the molecule is COC1=CC=NCC1(CN(c1ccccc1)c1ccccc1)OC1CCC(Cl)C1. The number of anilines is 2. The molecule has 152 valence electrons. The number of para-hydroxylation sites is 2. The Balaban J connectivity index is 1.71. The summed E-state index contributed by atoms with van der Waals surface area (Å²) < 4.78 is 12.6. The summed E-state index contributed by atoms with van der Waals surface area (Å²) in [7, 11) is 1.71. The van der Waals surface area contributed by atoms with Crippen LogP contribution in [0.3, 0.4) is 0 Å². The molecule has 1 aliphatic heterocycles. The van der Waals surface area contributed by atoms with Gasteiger partial charge in [-0.1, -0.05) is 36.4 Å². The molecule has 29 heavy (non-hydrogen) atoms. The first kappa shape index (κ1) is 20.0. The molecule has 0 saturated heterocycles. The van der Waals surface area contributed by atoms with Gasteiger partial charge in [0.25, 0.3) is 0 Å². The van der Waals surface area contributed by atoms with E-state index in [-0.39, 0.29) is 11.5 Å². The van der Waals surface area contributed by atoms with Crippen LogP contribution < -0.4 is 4.90 Å². The first-order valence-corrected chi connectivity index (χ1v) is 10.6. The van der Waals surface area contributed by atoms with Crippen molar-refractivity contribution in [3.63, 3.8) is 0 Å². The first-order chi connectivity index (χ1) is 14.2. The molecular weight excluding hydrogens is 384 g/mol. The van der Waals surface area contributed by atoms with Crippen molar-refractivity contribution in [2.24, 2.45) is 4.99 Å². The van der Waals surface area contributed by atoms with E-state index >= 15 is 0 Å². The number of ether oxygens (including phenoxy) is 2. The zero-order valence-corrected chi connectivity index (χ0v) is 17.5. The maximum atomic E-state index is 6.75. The Hall–Kier alpha value is -2.30. The van der Waals surface area contributed by atoms with Crippen molar-refractivity contribution in [1.82, 2.24) is 0 Å². The van der Waals surface area contributed by atoms with Gasteiger partial charge in [0.1, 0.15) is 5.76 Å². The van der Waals surface area contributed by atoms with Gasteiger partial charge in [0.2, 0.25) is 0 Å². The third kappa shape index (κ3) is 4.49. The molecule has 1 fully saturated rings. The van der Waals surface area contributed by atoms with Crippen molar-refractivity contribution in [3.8, 4) is 0 Å². The van der Waals surface area contributed by atoms with Crippen LogP contribution in [0.1, 0.15) is 19.3 Å². The molecule has 0 bridgehead atoms. The van der Waals surface area contributed by atoms with E-state index < -0.39 is 5.60 Å². The van der Waals surface area contributed by atoms with E-state index in [1.165, 1.54) is 0 Å². The number of allylic oxidation sites excluding steroid dienone is 1. The van der Waals surface area contributed by atoms with Crippen LogP contribution in [0.2, 0.25) is 0 Å². The Morgan fingerprint density at radius 1 is 1.03 bits per heavy atom. The fraction of sp³-hybridized carbons (Fsp3) is 0.375. The number of nitrogens with zero attached hydrogens (tertiary/aromatic N) is 2. The van der Waals surface area contributed by atoms with E-state index in [0.29, 0.717) is 13.1 Å². The average Bonchev–Trinajstić information content (AvgIpc) is 3.18. The van der Waals surface area contributed by atoms with Gasteiger partial charge in [-0.05, 0) is 49.6 Å². The molecule has 1 saturated carbocycles.